The van der Waals surface area contributed by atoms with Crippen LogP contribution in [0, 0.1) is 0 Å². The van der Waals surface area contributed by atoms with E-state index in [1.165, 1.54) is 44.9 Å². The molecule has 0 aromatic rings. The van der Waals surface area contributed by atoms with Crippen molar-refractivity contribution in [3.05, 3.63) is 0 Å². The maximum atomic E-state index is 9.21. The van der Waals surface area contributed by atoms with E-state index in [-0.39, 0.29) is 12.1 Å². The van der Waals surface area contributed by atoms with Crippen molar-refractivity contribution in [3.8, 4) is 0 Å². The van der Waals surface area contributed by atoms with Crippen LogP contribution in [-0.4, -0.2) is 52.8 Å². The van der Waals surface area contributed by atoms with Gasteiger partial charge in [0, 0.05) is 19.6 Å². The molecule has 120 valence electrons. The van der Waals surface area contributed by atoms with E-state index in [1.54, 1.807) is 0 Å². The number of nitrogens with zero attached hydrogens (tertiary/aromatic N) is 2. The molecule has 20 heavy (non-hydrogen) atoms. The van der Waals surface area contributed by atoms with Gasteiger partial charge in [-0.25, -0.2) is 0 Å². The largest absolute Gasteiger partial charge is 0.395 e. The van der Waals surface area contributed by atoms with Gasteiger partial charge in [-0.1, -0.05) is 52.4 Å². The minimum absolute atomic E-state index is 0.117. The number of rotatable bonds is 11. The third-order valence-corrected chi connectivity index (χ3v) is 4.62. The lowest BCUT2D eigenvalue weighted by atomic mass is 10.1. The summed E-state index contributed by atoms with van der Waals surface area (Å²) >= 11 is 6.47. The molecular weight excluding hydrogens is 272 g/mol. The Labute approximate surface area is 130 Å². The Morgan fingerprint density at radius 1 is 1.00 bits per heavy atom. The van der Waals surface area contributed by atoms with Crippen molar-refractivity contribution < 1.29 is 5.11 Å². The Morgan fingerprint density at radius 2 is 1.70 bits per heavy atom. The molecule has 0 spiro atoms. The minimum atomic E-state index is 0.117. The summed E-state index contributed by atoms with van der Waals surface area (Å²) in [7, 11) is 0. The van der Waals surface area contributed by atoms with Gasteiger partial charge in [0.25, 0.3) is 0 Å². The Hall–Kier alpha value is 0.170. The molecule has 0 aromatic carbocycles. The van der Waals surface area contributed by atoms with Crippen LogP contribution in [0.5, 0.6) is 0 Å². The summed E-state index contributed by atoms with van der Waals surface area (Å²) in [5, 5.41) is 9.21. The van der Waals surface area contributed by atoms with E-state index in [0.717, 1.165) is 26.1 Å². The Balaban J connectivity index is 2.35. The van der Waals surface area contributed by atoms with Crippen molar-refractivity contribution in [2.45, 2.75) is 76.9 Å². The molecule has 0 saturated carbocycles. The zero-order chi connectivity index (χ0) is 14.8. The van der Waals surface area contributed by atoms with Crippen LogP contribution in [-0.2, 0) is 0 Å². The topological polar surface area (TPSA) is 26.7 Å². The highest BCUT2D eigenvalue weighted by atomic mass is 35.5. The van der Waals surface area contributed by atoms with Gasteiger partial charge in [0.2, 0.25) is 0 Å². The van der Waals surface area contributed by atoms with E-state index in [9.17, 15) is 5.11 Å². The predicted molar refractivity (Wildman–Crippen MR) is 87.1 cm³/mol. The van der Waals surface area contributed by atoms with Gasteiger partial charge in [0.1, 0.15) is 0 Å². The first-order valence-corrected chi connectivity index (χ1v) is 8.92. The minimum Gasteiger partial charge on any atom is -0.395 e. The van der Waals surface area contributed by atoms with Gasteiger partial charge in [-0.05, 0) is 12.8 Å². The van der Waals surface area contributed by atoms with Crippen molar-refractivity contribution in [1.82, 2.24) is 9.80 Å². The summed E-state index contributed by atoms with van der Waals surface area (Å²) in [5.41, 5.74) is 0.117. The molecule has 0 radical (unpaired) electrons. The van der Waals surface area contributed by atoms with Crippen LogP contribution in [0.3, 0.4) is 0 Å². The van der Waals surface area contributed by atoms with E-state index < -0.39 is 0 Å². The van der Waals surface area contributed by atoms with Gasteiger partial charge in [0.15, 0.2) is 0 Å². The van der Waals surface area contributed by atoms with Gasteiger partial charge >= 0.3 is 0 Å². The number of alkyl halides is 1. The molecule has 0 aromatic heterocycles. The SMILES string of the molecule is CCCCCCCCC1N(CCO)CC(Cl)N1CCC. The van der Waals surface area contributed by atoms with Crippen molar-refractivity contribution >= 4 is 11.6 Å². The zero-order valence-electron chi connectivity index (χ0n) is 13.4. The molecule has 2 atom stereocenters. The predicted octanol–water partition coefficient (Wildman–Crippen LogP) is 3.65. The lowest BCUT2D eigenvalue weighted by Gasteiger charge is -2.30. The number of aliphatic hydroxyl groups excluding tert-OH is 1. The molecule has 4 heteroatoms. The van der Waals surface area contributed by atoms with Crippen LogP contribution < -0.4 is 0 Å². The second-order valence-corrected chi connectivity index (χ2v) is 6.43. The molecule has 1 aliphatic rings. The standard InChI is InChI=1S/C16H33ClN2O/c1-3-5-6-7-8-9-10-16-18(12-13-20)14-15(17)19(16)11-4-2/h15-16,20H,3-14H2,1-2H3. The monoisotopic (exact) mass is 304 g/mol. The van der Waals surface area contributed by atoms with E-state index in [4.69, 9.17) is 11.6 Å². The Bertz CT molecular complexity index is 241. The van der Waals surface area contributed by atoms with Crippen LogP contribution in [0.15, 0.2) is 0 Å². The lowest BCUT2D eigenvalue weighted by molar-refractivity contribution is 0.102. The summed E-state index contributed by atoms with van der Waals surface area (Å²) in [6.07, 6.45) is 10.8. The number of hydrogen-bond acceptors (Lipinski definition) is 3. The van der Waals surface area contributed by atoms with Gasteiger partial charge in [0.05, 0.1) is 18.3 Å². The molecule has 1 fully saturated rings. The Morgan fingerprint density at radius 3 is 2.35 bits per heavy atom. The van der Waals surface area contributed by atoms with E-state index in [2.05, 4.69) is 23.6 Å². The fourth-order valence-corrected chi connectivity index (χ4v) is 3.59. The molecule has 1 aliphatic heterocycles. The highest BCUT2D eigenvalue weighted by Crippen LogP contribution is 2.27. The first-order valence-electron chi connectivity index (χ1n) is 8.49. The fraction of sp³-hybridized carbons (Fsp3) is 1.00. The quantitative estimate of drug-likeness (QED) is 0.358. The molecule has 0 aliphatic carbocycles. The van der Waals surface area contributed by atoms with E-state index in [1.807, 2.05) is 0 Å². The van der Waals surface area contributed by atoms with Gasteiger partial charge < -0.3 is 5.11 Å². The third-order valence-electron chi connectivity index (χ3n) is 4.23. The average molecular weight is 305 g/mol. The average Bonchev–Trinajstić information content (AvgIpc) is 2.72. The van der Waals surface area contributed by atoms with Crippen molar-refractivity contribution in [2.75, 3.05) is 26.2 Å². The van der Waals surface area contributed by atoms with Gasteiger partial charge in [-0.2, -0.15) is 0 Å². The van der Waals surface area contributed by atoms with E-state index >= 15 is 0 Å². The highest BCUT2D eigenvalue weighted by Gasteiger charge is 2.36. The summed E-state index contributed by atoms with van der Waals surface area (Å²) in [6, 6.07) is 0. The molecule has 1 N–H and O–H groups in total. The normalized spacial score (nSPS) is 24.6. The third kappa shape index (κ3) is 5.88. The second-order valence-electron chi connectivity index (χ2n) is 5.93. The van der Waals surface area contributed by atoms with Crippen LogP contribution in [0.4, 0.5) is 0 Å². The van der Waals surface area contributed by atoms with Crippen LogP contribution in [0.25, 0.3) is 0 Å². The highest BCUT2D eigenvalue weighted by molar-refractivity contribution is 6.20. The van der Waals surface area contributed by atoms with Crippen LogP contribution >= 0.6 is 11.6 Å². The molecule has 1 saturated heterocycles. The number of aliphatic hydroxyl groups is 1. The molecule has 2 unspecified atom stereocenters. The van der Waals surface area contributed by atoms with Crippen LogP contribution in [0.2, 0.25) is 0 Å². The molecule has 0 bridgehead atoms. The summed E-state index contributed by atoms with van der Waals surface area (Å²) in [4.78, 5) is 4.78. The summed E-state index contributed by atoms with van der Waals surface area (Å²) in [6.45, 7) is 7.41. The second kappa shape index (κ2) is 10.8. The molecule has 1 rings (SSSR count). The smallest absolute Gasteiger partial charge is 0.0991 e. The first-order chi connectivity index (χ1) is 9.74. The zero-order valence-corrected chi connectivity index (χ0v) is 14.1. The van der Waals surface area contributed by atoms with E-state index in [0.29, 0.717) is 6.17 Å². The number of β-amino-alcohol motifs (C(OH)–C–C–N with tert-alkyl or cyclic N) is 1. The number of hydrogen-bond donors (Lipinski definition) is 1. The van der Waals surface area contributed by atoms with Crippen molar-refractivity contribution in [2.24, 2.45) is 0 Å². The first kappa shape index (κ1) is 18.2. The maximum Gasteiger partial charge on any atom is 0.0991 e. The van der Waals surface area contributed by atoms with Gasteiger partial charge in [-0.15, -0.1) is 11.6 Å². The molecule has 1 heterocycles. The Kier molecular flexibility index (Phi) is 9.87. The lowest BCUT2D eigenvalue weighted by Crippen LogP contribution is -2.41. The molecule has 3 nitrogen and oxygen atoms in total. The molecular formula is C16H33ClN2O. The van der Waals surface area contributed by atoms with Crippen molar-refractivity contribution in [3.63, 3.8) is 0 Å². The maximum absolute atomic E-state index is 9.21. The summed E-state index contributed by atoms with van der Waals surface area (Å²) in [5.74, 6) is 0. The number of unbranched alkanes of at least 4 members (excludes halogenated alkanes) is 5. The number of halogens is 1. The molecule has 0 amide bonds. The van der Waals surface area contributed by atoms with Gasteiger partial charge in [-0.3, -0.25) is 9.80 Å². The fourth-order valence-electron chi connectivity index (χ4n) is 3.19. The van der Waals surface area contributed by atoms with Crippen molar-refractivity contribution in [1.29, 1.82) is 0 Å². The van der Waals surface area contributed by atoms with Crippen LogP contribution in [0.1, 0.15) is 65.2 Å². The summed E-state index contributed by atoms with van der Waals surface area (Å²) < 4.78 is 0.